The molecule has 2 atom stereocenters. The van der Waals surface area contributed by atoms with Crippen molar-refractivity contribution in [2.75, 3.05) is 0 Å². The number of benzene rings is 2. The average Bonchev–Trinajstić information content (AvgIpc) is 3.09. The van der Waals surface area contributed by atoms with Crippen molar-refractivity contribution in [3.8, 4) is 11.5 Å². The Kier molecular flexibility index (Phi) is 4.15. The van der Waals surface area contributed by atoms with Gasteiger partial charge in [-0.1, -0.05) is 65.8 Å². The first kappa shape index (κ1) is 19.0. The zero-order valence-electron chi connectivity index (χ0n) is 18.0. The molecule has 2 heterocycles. The van der Waals surface area contributed by atoms with E-state index in [9.17, 15) is 4.79 Å². The molecule has 2 aromatic rings. The molecule has 148 valence electrons. The van der Waals surface area contributed by atoms with E-state index < -0.39 is 0 Å². The van der Waals surface area contributed by atoms with Gasteiger partial charge in [0, 0.05) is 17.5 Å². The second kappa shape index (κ2) is 6.10. The molecule has 3 heteroatoms. The Balaban J connectivity index is 1.88. The van der Waals surface area contributed by atoms with E-state index in [2.05, 4.69) is 66.7 Å². The largest absolute Gasteiger partial charge is 0.490 e. The van der Waals surface area contributed by atoms with Gasteiger partial charge >= 0.3 is 5.97 Å². The van der Waals surface area contributed by atoms with Crippen LogP contribution in [0.4, 0.5) is 0 Å². The van der Waals surface area contributed by atoms with Gasteiger partial charge in [-0.3, -0.25) is 4.79 Å². The molecule has 0 aliphatic carbocycles. The molecule has 2 unspecified atom stereocenters. The van der Waals surface area contributed by atoms with Crippen LogP contribution in [0.3, 0.4) is 0 Å². The summed E-state index contributed by atoms with van der Waals surface area (Å²) >= 11 is 0. The maximum atomic E-state index is 13.0. The zero-order valence-corrected chi connectivity index (χ0v) is 18.0. The molecule has 2 aromatic carbocycles. The quantitative estimate of drug-likeness (QED) is 0.475. The molecule has 0 spiro atoms. The van der Waals surface area contributed by atoms with Crippen LogP contribution < -0.4 is 9.47 Å². The summed E-state index contributed by atoms with van der Waals surface area (Å²) in [6, 6.07) is 10.5. The van der Waals surface area contributed by atoms with E-state index in [0.717, 1.165) is 34.6 Å². The van der Waals surface area contributed by atoms with Crippen LogP contribution in [0.5, 0.6) is 11.5 Å². The summed E-state index contributed by atoms with van der Waals surface area (Å²) in [4.78, 5) is 13.0. The molecule has 0 N–H and O–H groups in total. The Morgan fingerprint density at radius 3 is 2.32 bits per heavy atom. The smallest absolute Gasteiger partial charge is 0.323 e. The molecular formula is C25H30O3. The van der Waals surface area contributed by atoms with Gasteiger partial charge in [0.05, 0.1) is 0 Å². The first-order valence-electron chi connectivity index (χ1n) is 10.2. The number of esters is 1. The number of carbonyl (C=O) groups is 1. The SMILES string of the molecule is CC1Cc2cc(C3C(=O)Oc4c3cc(C(C)(C)C)cc4C(C)(C)C)ccc2O1. The van der Waals surface area contributed by atoms with E-state index in [1.807, 2.05) is 12.1 Å². The number of carbonyl (C=O) groups excluding carboxylic acids is 1. The van der Waals surface area contributed by atoms with Crippen LogP contribution in [-0.2, 0) is 22.0 Å². The Bertz CT molecular complexity index is 957. The fourth-order valence-corrected chi connectivity index (χ4v) is 4.19. The molecule has 3 nitrogen and oxygen atoms in total. The van der Waals surface area contributed by atoms with Crippen molar-refractivity contribution in [1.82, 2.24) is 0 Å². The molecular weight excluding hydrogens is 348 g/mol. The molecule has 0 saturated carbocycles. The van der Waals surface area contributed by atoms with Crippen LogP contribution in [0.1, 0.15) is 82.2 Å². The Hall–Kier alpha value is -2.29. The summed E-state index contributed by atoms with van der Waals surface area (Å²) in [6.07, 6.45) is 1.07. The minimum absolute atomic E-state index is 0.00752. The molecule has 0 bridgehead atoms. The lowest BCUT2D eigenvalue weighted by Gasteiger charge is -2.27. The first-order chi connectivity index (χ1) is 12.9. The summed E-state index contributed by atoms with van der Waals surface area (Å²) in [5.41, 5.74) is 5.38. The highest BCUT2D eigenvalue weighted by Gasteiger charge is 2.40. The molecule has 2 aliphatic rings. The van der Waals surface area contributed by atoms with Crippen LogP contribution in [0.15, 0.2) is 30.3 Å². The fraction of sp³-hybridized carbons (Fsp3) is 0.480. The van der Waals surface area contributed by atoms with Gasteiger partial charge in [-0.25, -0.2) is 0 Å². The average molecular weight is 379 g/mol. The third-order valence-electron chi connectivity index (χ3n) is 5.79. The van der Waals surface area contributed by atoms with Crippen molar-refractivity contribution in [2.24, 2.45) is 0 Å². The normalized spacial score (nSPS) is 21.2. The highest BCUT2D eigenvalue weighted by Crippen LogP contribution is 2.47. The molecule has 0 radical (unpaired) electrons. The van der Waals surface area contributed by atoms with E-state index in [1.54, 1.807) is 0 Å². The molecule has 0 fully saturated rings. The molecule has 0 amide bonds. The summed E-state index contributed by atoms with van der Waals surface area (Å²) in [7, 11) is 0. The molecule has 2 aliphatic heterocycles. The van der Waals surface area contributed by atoms with Crippen LogP contribution in [-0.4, -0.2) is 12.1 Å². The number of hydrogen-bond acceptors (Lipinski definition) is 3. The Morgan fingerprint density at radius 2 is 1.68 bits per heavy atom. The van der Waals surface area contributed by atoms with Gasteiger partial charge in [0.15, 0.2) is 0 Å². The number of fused-ring (bicyclic) bond motifs is 2. The third kappa shape index (κ3) is 3.11. The lowest BCUT2D eigenvalue weighted by Crippen LogP contribution is -2.17. The van der Waals surface area contributed by atoms with E-state index >= 15 is 0 Å². The number of hydrogen-bond donors (Lipinski definition) is 0. The van der Waals surface area contributed by atoms with Gasteiger partial charge in [0.25, 0.3) is 0 Å². The second-order valence-corrected chi connectivity index (χ2v) is 10.3. The van der Waals surface area contributed by atoms with Crippen molar-refractivity contribution in [1.29, 1.82) is 0 Å². The van der Waals surface area contributed by atoms with Gasteiger partial charge in [0.2, 0.25) is 0 Å². The Morgan fingerprint density at radius 1 is 0.964 bits per heavy atom. The minimum atomic E-state index is -0.375. The van der Waals surface area contributed by atoms with Gasteiger partial charge in [-0.15, -0.1) is 0 Å². The highest BCUT2D eigenvalue weighted by atomic mass is 16.5. The summed E-state index contributed by atoms with van der Waals surface area (Å²) in [5.74, 6) is 1.13. The van der Waals surface area contributed by atoms with E-state index in [4.69, 9.17) is 9.47 Å². The topological polar surface area (TPSA) is 35.5 Å². The van der Waals surface area contributed by atoms with Crippen molar-refractivity contribution >= 4 is 5.97 Å². The van der Waals surface area contributed by atoms with E-state index in [1.165, 1.54) is 11.1 Å². The zero-order chi connectivity index (χ0) is 20.4. The predicted molar refractivity (Wildman–Crippen MR) is 112 cm³/mol. The standard InChI is InChI=1S/C25H30O3/c1-14-10-16-11-15(8-9-20(16)27-14)21-18-12-17(24(2,3)4)13-19(25(5,6)7)22(18)28-23(21)26/h8-9,11-14,21H,10H2,1-7H3. The fourth-order valence-electron chi connectivity index (χ4n) is 4.19. The maximum absolute atomic E-state index is 13.0. The second-order valence-electron chi connectivity index (χ2n) is 10.3. The Labute approximate surface area is 168 Å². The summed E-state index contributed by atoms with van der Waals surface area (Å²) < 4.78 is 11.7. The third-order valence-corrected chi connectivity index (χ3v) is 5.79. The predicted octanol–water partition coefficient (Wildman–Crippen LogP) is 5.66. The first-order valence-corrected chi connectivity index (χ1v) is 10.2. The van der Waals surface area contributed by atoms with Crippen LogP contribution in [0.2, 0.25) is 0 Å². The van der Waals surface area contributed by atoms with E-state index in [0.29, 0.717) is 0 Å². The minimum Gasteiger partial charge on any atom is -0.490 e. The van der Waals surface area contributed by atoms with Crippen LogP contribution >= 0.6 is 0 Å². The molecule has 0 aromatic heterocycles. The van der Waals surface area contributed by atoms with E-state index in [-0.39, 0.29) is 28.8 Å². The number of ether oxygens (including phenoxy) is 2. The van der Waals surface area contributed by atoms with Crippen molar-refractivity contribution in [3.05, 3.63) is 58.1 Å². The van der Waals surface area contributed by atoms with Crippen LogP contribution in [0, 0.1) is 0 Å². The van der Waals surface area contributed by atoms with Gasteiger partial charge in [0.1, 0.15) is 23.5 Å². The monoisotopic (exact) mass is 378 g/mol. The van der Waals surface area contributed by atoms with Gasteiger partial charge in [-0.2, -0.15) is 0 Å². The van der Waals surface area contributed by atoms with Gasteiger partial charge < -0.3 is 9.47 Å². The summed E-state index contributed by atoms with van der Waals surface area (Å²) in [6.45, 7) is 15.2. The molecule has 4 rings (SSSR count). The number of rotatable bonds is 1. The lowest BCUT2D eigenvalue weighted by molar-refractivity contribution is -0.133. The lowest BCUT2D eigenvalue weighted by atomic mass is 9.77. The summed E-state index contributed by atoms with van der Waals surface area (Å²) in [5, 5.41) is 0. The molecule has 0 saturated heterocycles. The van der Waals surface area contributed by atoms with Crippen molar-refractivity contribution < 1.29 is 14.3 Å². The van der Waals surface area contributed by atoms with Crippen molar-refractivity contribution in [2.45, 2.75) is 77.7 Å². The van der Waals surface area contributed by atoms with Crippen molar-refractivity contribution in [3.63, 3.8) is 0 Å². The van der Waals surface area contributed by atoms with Gasteiger partial charge in [-0.05, 0) is 40.5 Å². The van der Waals surface area contributed by atoms with Crippen LogP contribution in [0.25, 0.3) is 0 Å². The maximum Gasteiger partial charge on any atom is 0.323 e. The molecule has 28 heavy (non-hydrogen) atoms. The highest BCUT2D eigenvalue weighted by molar-refractivity contribution is 5.90.